The van der Waals surface area contributed by atoms with Gasteiger partial charge >= 0.3 is 0 Å². The first-order valence-corrected chi connectivity index (χ1v) is 11.4. The Bertz CT molecular complexity index is 958. The number of benzene rings is 2. The van der Waals surface area contributed by atoms with Gasteiger partial charge < -0.3 is 14.5 Å². The molecule has 0 atom stereocenters. The molecular formula is C20H24ClN3O4S. The number of sulfonamides is 1. The van der Waals surface area contributed by atoms with Gasteiger partial charge in [0, 0.05) is 36.9 Å². The van der Waals surface area contributed by atoms with Crippen LogP contribution in [-0.2, 0) is 14.8 Å². The van der Waals surface area contributed by atoms with E-state index < -0.39 is 10.0 Å². The maximum Gasteiger partial charge on any atom is 0.243 e. The fourth-order valence-corrected chi connectivity index (χ4v) is 4.29. The summed E-state index contributed by atoms with van der Waals surface area (Å²) >= 11 is 6.06. The molecule has 1 aliphatic rings. The van der Waals surface area contributed by atoms with Gasteiger partial charge in [-0.2, -0.15) is 0 Å². The van der Waals surface area contributed by atoms with Crippen LogP contribution >= 0.6 is 11.6 Å². The third-order valence-electron chi connectivity index (χ3n) is 4.85. The van der Waals surface area contributed by atoms with Crippen LogP contribution in [0.2, 0.25) is 5.02 Å². The van der Waals surface area contributed by atoms with Gasteiger partial charge in [0.15, 0.2) is 0 Å². The van der Waals surface area contributed by atoms with E-state index in [0.717, 1.165) is 16.2 Å². The molecule has 2 aromatic rings. The average molecular weight is 438 g/mol. The summed E-state index contributed by atoms with van der Waals surface area (Å²) in [6, 6.07) is 14.2. The van der Waals surface area contributed by atoms with Crippen LogP contribution < -0.4 is 13.9 Å². The van der Waals surface area contributed by atoms with Crippen LogP contribution in [0.1, 0.15) is 0 Å². The highest BCUT2D eigenvalue weighted by atomic mass is 35.5. The monoisotopic (exact) mass is 437 g/mol. The first-order chi connectivity index (χ1) is 13.8. The second-order valence-electron chi connectivity index (χ2n) is 6.82. The summed E-state index contributed by atoms with van der Waals surface area (Å²) in [6.07, 6.45) is 1.10. The smallest absolute Gasteiger partial charge is 0.243 e. The zero-order chi connectivity index (χ0) is 21.0. The van der Waals surface area contributed by atoms with Crippen LogP contribution in [0.5, 0.6) is 5.75 Å². The Morgan fingerprint density at radius 2 is 1.76 bits per heavy atom. The summed E-state index contributed by atoms with van der Waals surface area (Å²) in [5.41, 5.74) is 1.44. The number of carbonyl (C=O) groups is 1. The zero-order valence-electron chi connectivity index (χ0n) is 16.4. The first kappa shape index (κ1) is 21.3. The summed E-state index contributed by atoms with van der Waals surface area (Å²) in [5.74, 6) is 0.391. The highest BCUT2D eigenvalue weighted by molar-refractivity contribution is 7.92. The van der Waals surface area contributed by atoms with Gasteiger partial charge in [-0.05, 0) is 42.5 Å². The van der Waals surface area contributed by atoms with Crippen molar-refractivity contribution >= 4 is 38.9 Å². The predicted molar refractivity (Wildman–Crippen MR) is 115 cm³/mol. The summed E-state index contributed by atoms with van der Waals surface area (Å²) in [5, 5.41) is 0.671. The number of anilines is 2. The van der Waals surface area contributed by atoms with Crippen molar-refractivity contribution in [1.82, 2.24) is 4.90 Å². The fraction of sp³-hybridized carbons (Fsp3) is 0.350. The van der Waals surface area contributed by atoms with Crippen molar-refractivity contribution in [3.05, 3.63) is 53.6 Å². The van der Waals surface area contributed by atoms with Crippen LogP contribution in [0, 0.1) is 0 Å². The van der Waals surface area contributed by atoms with Crippen molar-refractivity contribution in [2.45, 2.75) is 0 Å². The van der Waals surface area contributed by atoms with E-state index in [4.69, 9.17) is 16.3 Å². The predicted octanol–water partition coefficient (Wildman–Crippen LogP) is 2.46. The molecule has 0 saturated carbocycles. The largest absolute Gasteiger partial charge is 0.497 e. The number of hydrogen-bond acceptors (Lipinski definition) is 5. The number of nitrogens with zero attached hydrogens (tertiary/aromatic N) is 3. The lowest BCUT2D eigenvalue weighted by Crippen LogP contribution is -2.52. The normalized spacial score (nSPS) is 14.6. The Kier molecular flexibility index (Phi) is 6.54. The lowest BCUT2D eigenvalue weighted by Gasteiger charge is -2.37. The maximum atomic E-state index is 12.8. The highest BCUT2D eigenvalue weighted by Crippen LogP contribution is 2.23. The molecule has 1 heterocycles. The van der Waals surface area contributed by atoms with E-state index in [2.05, 4.69) is 4.90 Å². The quantitative estimate of drug-likeness (QED) is 0.694. The van der Waals surface area contributed by atoms with E-state index in [9.17, 15) is 13.2 Å². The van der Waals surface area contributed by atoms with Crippen molar-refractivity contribution in [2.24, 2.45) is 0 Å². The molecule has 2 aromatic carbocycles. The molecule has 0 unspecified atom stereocenters. The Labute approximate surface area is 176 Å². The molecule has 0 aliphatic carbocycles. The van der Waals surface area contributed by atoms with Gasteiger partial charge in [-0.25, -0.2) is 8.42 Å². The summed E-state index contributed by atoms with van der Waals surface area (Å²) in [7, 11) is -2.07. The van der Waals surface area contributed by atoms with Gasteiger partial charge in [-0.15, -0.1) is 0 Å². The van der Waals surface area contributed by atoms with Crippen LogP contribution in [0.3, 0.4) is 0 Å². The van der Waals surface area contributed by atoms with Gasteiger partial charge in [-0.3, -0.25) is 9.10 Å². The van der Waals surface area contributed by atoms with Crippen molar-refractivity contribution in [2.75, 3.05) is 55.3 Å². The molecule has 9 heteroatoms. The highest BCUT2D eigenvalue weighted by Gasteiger charge is 2.26. The molecule has 1 aliphatic heterocycles. The van der Waals surface area contributed by atoms with E-state index in [0.29, 0.717) is 42.6 Å². The number of halogens is 1. The van der Waals surface area contributed by atoms with Crippen LogP contribution in [0.15, 0.2) is 48.5 Å². The summed E-state index contributed by atoms with van der Waals surface area (Å²) < 4.78 is 30.8. The lowest BCUT2D eigenvalue weighted by atomic mass is 10.2. The van der Waals surface area contributed by atoms with Gasteiger partial charge in [0.1, 0.15) is 12.3 Å². The first-order valence-electron chi connectivity index (χ1n) is 9.18. The van der Waals surface area contributed by atoms with E-state index in [1.807, 2.05) is 24.3 Å². The molecule has 0 spiro atoms. The number of hydrogen-bond donors (Lipinski definition) is 0. The van der Waals surface area contributed by atoms with Crippen LogP contribution in [0.4, 0.5) is 11.4 Å². The Hall–Kier alpha value is -2.45. The minimum Gasteiger partial charge on any atom is -0.497 e. The fourth-order valence-electron chi connectivity index (χ4n) is 3.26. The second-order valence-corrected chi connectivity index (χ2v) is 9.16. The van der Waals surface area contributed by atoms with Gasteiger partial charge in [-0.1, -0.05) is 17.7 Å². The van der Waals surface area contributed by atoms with E-state index >= 15 is 0 Å². The Morgan fingerprint density at radius 1 is 1.10 bits per heavy atom. The minimum absolute atomic E-state index is 0.225. The molecule has 0 aromatic heterocycles. The van der Waals surface area contributed by atoms with Crippen molar-refractivity contribution in [3.63, 3.8) is 0 Å². The van der Waals surface area contributed by atoms with Gasteiger partial charge in [0.05, 0.1) is 19.1 Å². The second kappa shape index (κ2) is 8.92. The van der Waals surface area contributed by atoms with E-state index in [-0.39, 0.29) is 12.5 Å². The standard InChI is InChI=1S/C20H24ClN3O4S/c1-28-19-8-6-17(7-9-19)24(29(2,26)27)15-20(25)23-12-10-22(11-13-23)18-5-3-4-16(21)14-18/h3-9,14H,10-13,15H2,1-2H3. The van der Waals surface area contributed by atoms with E-state index in [1.54, 1.807) is 29.2 Å². The molecule has 3 rings (SSSR count). The van der Waals surface area contributed by atoms with Crippen molar-refractivity contribution in [1.29, 1.82) is 0 Å². The number of amides is 1. The van der Waals surface area contributed by atoms with Crippen molar-refractivity contribution < 1.29 is 17.9 Å². The molecule has 0 bridgehead atoms. The third-order valence-corrected chi connectivity index (χ3v) is 6.22. The average Bonchev–Trinajstić information content (AvgIpc) is 2.71. The number of carbonyl (C=O) groups excluding carboxylic acids is 1. The Morgan fingerprint density at radius 3 is 2.31 bits per heavy atom. The number of rotatable bonds is 6. The molecule has 7 nitrogen and oxygen atoms in total. The van der Waals surface area contributed by atoms with Crippen LogP contribution in [0.25, 0.3) is 0 Å². The maximum absolute atomic E-state index is 12.8. The molecule has 1 saturated heterocycles. The van der Waals surface area contributed by atoms with Crippen molar-refractivity contribution in [3.8, 4) is 5.75 Å². The topological polar surface area (TPSA) is 70.2 Å². The SMILES string of the molecule is COc1ccc(N(CC(=O)N2CCN(c3cccc(Cl)c3)CC2)S(C)(=O)=O)cc1. The summed E-state index contributed by atoms with van der Waals surface area (Å²) in [6.45, 7) is 2.13. The molecule has 156 valence electrons. The number of piperazine rings is 1. The lowest BCUT2D eigenvalue weighted by molar-refractivity contribution is -0.129. The minimum atomic E-state index is -3.61. The third kappa shape index (κ3) is 5.33. The van der Waals surface area contributed by atoms with Gasteiger partial charge in [0.2, 0.25) is 15.9 Å². The Balaban J connectivity index is 1.66. The zero-order valence-corrected chi connectivity index (χ0v) is 18.0. The number of methoxy groups -OCH3 is 1. The molecule has 1 amide bonds. The molecule has 0 N–H and O–H groups in total. The summed E-state index contributed by atoms with van der Waals surface area (Å²) in [4.78, 5) is 16.7. The van der Waals surface area contributed by atoms with Gasteiger partial charge in [0.25, 0.3) is 0 Å². The van der Waals surface area contributed by atoms with Crippen LogP contribution in [-0.4, -0.2) is 65.3 Å². The molecule has 29 heavy (non-hydrogen) atoms. The molecular weight excluding hydrogens is 414 g/mol. The number of ether oxygens (including phenoxy) is 1. The van der Waals surface area contributed by atoms with E-state index in [1.165, 1.54) is 7.11 Å². The molecule has 1 fully saturated rings. The molecule has 0 radical (unpaired) electrons.